The van der Waals surface area contributed by atoms with Crippen LogP contribution in [0.4, 0.5) is 19.0 Å². The Bertz CT molecular complexity index is 1020. The van der Waals surface area contributed by atoms with Crippen molar-refractivity contribution in [2.24, 2.45) is 5.41 Å². The number of carbonyl (C=O) groups is 1. The molecule has 1 aromatic heterocycles. The number of fused-ring (bicyclic) bond motifs is 1. The number of pyridine rings is 1. The number of hydrogen-bond donors (Lipinski definition) is 1. The predicted octanol–water partition coefficient (Wildman–Crippen LogP) is 4.38. The van der Waals surface area contributed by atoms with Crippen molar-refractivity contribution < 1.29 is 23.1 Å². The number of alkyl halides is 3. The molecule has 1 spiro atoms. The topological polar surface area (TPSA) is 56.7 Å². The number of nitrogens with zero attached hydrogens (tertiary/aromatic N) is 3. The Morgan fingerprint density at radius 2 is 1.81 bits per heavy atom. The van der Waals surface area contributed by atoms with E-state index in [9.17, 15) is 23.1 Å². The molecule has 2 saturated heterocycles. The first kappa shape index (κ1) is 21.5. The number of para-hydroxylation sites is 1. The maximum Gasteiger partial charge on any atom is 0.417 e. The summed E-state index contributed by atoms with van der Waals surface area (Å²) in [4.78, 5) is 21.9. The van der Waals surface area contributed by atoms with Gasteiger partial charge in [-0.1, -0.05) is 18.2 Å². The molecule has 3 aliphatic rings. The Morgan fingerprint density at radius 3 is 2.56 bits per heavy atom. The van der Waals surface area contributed by atoms with Crippen LogP contribution in [-0.2, 0) is 11.0 Å². The number of amides is 1. The van der Waals surface area contributed by atoms with Crippen molar-refractivity contribution in [1.82, 2.24) is 9.88 Å². The number of aromatic nitrogens is 1. The Labute approximate surface area is 185 Å². The Balaban J connectivity index is 1.42. The molecule has 2 aliphatic heterocycles. The van der Waals surface area contributed by atoms with Crippen LogP contribution in [0, 0.1) is 5.41 Å². The first-order valence-corrected chi connectivity index (χ1v) is 11.5. The van der Waals surface area contributed by atoms with Crippen molar-refractivity contribution in [3.8, 4) is 0 Å². The van der Waals surface area contributed by atoms with E-state index in [2.05, 4.69) is 4.98 Å². The van der Waals surface area contributed by atoms with Crippen LogP contribution in [0.25, 0.3) is 10.9 Å². The van der Waals surface area contributed by atoms with Gasteiger partial charge in [-0.05, 0) is 57.1 Å². The van der Waals surface area contributed by atoms with E-state index in [0.29, 0.717) is 31.0 Å². The third kappa shape index (κ3) is 3.72. The number of halogens is 3. The van der Waals surface area contributed by atoms with Crippen LogP contribution in [-0.4, -0.2) is 52.7 Å². The van der Waals surface area contributed by atoms with Gasteiger partial charge in [0.1, 0.15) is 5.82 Å². The summed E-state index contributed by atoms with van der Waals surface area (Å²) in [6, 6.07) is 7.64. The van der Waals surface area contributed by atoms with Crippen LogP contribution in [0.3, 0.4) is 0 Å². The van der Waals surface area contributed by atoms with E-state index in [1.165, 1.54) is 6.07 Å². The van der Waals surface area contributed by atoms with Crippen molar-refractivity contribution in [1.29, 1.82) is 0 Å². The minimum absolute atomic E-state index is 0.0954. The van der Waals surface area contributed by atoms with Gasteiger partial charge in [0.2, 0.25) is 5.91 Å². The second-order valence-corrected chi connectivity index (χ2v) is 9.56. The fourth-order valence-corrected chi connectivity index (χ4v) is 5.83. The van der Waals surface area contributed by atoms with Gasteiger partial charge in [0, 0.05) is 31.1 Å². The first-order chi connectivity index (χ1) is 15.3. The predicted molar refractivity (Wildman–Crippen MR) is 115 cm³/mol. The fraction of sp³-hybridized carbons (Fsp3) is 0.583. The smallest absolute Gasteiger partial charge is 0.393 e. The molecule has 1 aromatic carbocycles. The number of hydrogen-bond acceptors (Lipinski definition) is 4. The van der Waals surface area contributed by atoms with Crippen LogP contribution < -0.4 is 4.90 Å². The first-order valence-electron chi connectivity index (χ1n) is 11.5. The highest BCUT2D eigenvalue weighted by atomic mass is 19.4. The summed E-state index contributed by atoms with van der Waals surface area (Å²) in [5.41, 5.74) is -0.921. The lowest BCUT2D eigenvalue weighted by Crippen LogP contribution is -2.50. The van der Waals surface area contributed by atoms with Crippen LogP contribution in [0.15, 0.2) is 30.3 Å². The highest BCUT2D eigenvalue weighted by Gasteiger charge is 2.51. The van der Waals surface area contributed by atoms with Gasteiger partial charge in [0.05, 0.1) is 22.6 Å². The van der Waals surface area contributed by atoms with Gasteiger partial charge < -0.3 is 14.9 Å². The number of rotatable bonds is 2. The van der Waals surface area contributed by atoms with Gasteiger partial charge in [-0.3, -0.25) is 4.79 Å². The van der Waals surface area contributed by atoms with Crippen LogP contribution in [0.5, 0.6) is 0 Å². The lowest BCUT2D eigenvalue weighted by atomic mass is 9.78. The number of carbonyl (C=O) groups excluding carboxylic acids is 1. The SMILES string of the molecule is O=C1N([C@H]2CC[C@H](O)CC2)CCC12CCCN(c1cc(C(F)(F)F)c3ccccc3n1)C2. The maximum absolute atomic E-state index is 13.8. The molecule has 8 heteroatoms. The Hall–Kier alpha value is -2.35. The molecule has 1 N–H and O–H groups in total. The zero-order chi connectivity index (χ0) is 22.5. The van der Waals surface area contributed by atoms with Gasteiger partial charge >= 0.3 is 6.18 Å². The number of aliphatic hydroxyl groups is 1. The van der Waals surface area contributed by atoms with Gasteiger partial charge in [0.25, 0.3) is 0 Å². The molecule has 32 heavy (non-hydrogen) atoms. The summed E-state index contributed by atoms with van der Waals surface area (Å²) < 4.78 is 41.3. The summed E-state index contributed by atoms with van der Waals surface area (Å²) in [5.74, 6) is 0.419. The van der Waals surface area contributed by atoms with Gasteiger partial charge in [0.15, 0.2) is 0 Å². The summed E-state index contributed by atoms with van der Waals surface area (Å²) >= 11 is 0. The zero-order valence-corrected chi connectivity index (χ0v) is 17.9. The van der Waals surface area contributed by atoms with Crippen molar-refractivity contribution in [3.05, 3.63) is 35.9 Å². The molecular formula is C24H28F3N3O2. The van der Waals surface area contributed by atoms with Crippen LogP contribution in [0.1, 0.15) is 50.5 Å². The van der Waals surface area contributed by atoms with E-state index < -0.39 is 17.2 Å². The monoisotopic (exact) mass is 447 g/mol. The van der Waals surface area contributed by atoms with Gasteiger partial charge in [-0.15, -0.1) is 0 Å². The number of likely N-dealkylation sites (tertiary alicyclic amines) is 1. The van der Waals surface area contributed by atoms with Crippen molar-refractivity contribution in [3.63, 3.8) is 0 Å². The van der Waals surface area contributed by atoms with Crippen LogP contribution >= 0.6 is 0 Å². The second-order valence-electron chi connectivity index (χ2n) is 9.56. The van der Waals surface area contributed by atoms with E-state index in [-0.39, 0.29) is 23.4 Å². The molecule has 1 aliphatic carbocycles. The fourth-order valence-electron chi connectivity index (χ4n) is 5.83. The molecule has 1 amide bonds. The molecule has 172 valence electrons. The van der Waals surface area contributed by atoms with E-state index in [4.69, 9.17) is 0 Å². The third-order valence-electron chi connectivity index (χ3n) is 7.56. The summed E-state index contributed by atoms with van der Waals surface area (Å²) in [7, 11) is 0. The Morgan fingerprint density at radius 1 is 1.06 bits per heavy atom. The average molecular weight is 448 g/mol. The van der Waals surface area contributed by atoms with E-state index >= 15 is 0 Å². The second kappa shape index (κ2) is 7.90. The summed E-state index contributed by atoms with van der Waals surface area (Å²) in [6.45, 7) is 1.68. The summed E-state index contributed by atoms with van der Waals surface area (Å²) in [6.07, 6.45) is 0.542. The molecule has 5 nitrogen and oxygen atoms in total. The van der Waals surface area contributed by atoms with E-state index in [1.807, 2.05) is 9.80 Å². The number of piperidine rings is 1. The van der Waals surface area contributed by atoms with E-state index in [1.54, 1.807) is 18.2 Å². The number of anilines is 1. The van der Waals surface area contributed by atoms with Crippen molar-refractivity contribution in [2.75, 3.05) is 24.5 Å². The van der Waals surface area contributed by atoms with Crippen molar-refractivity contribution >= 4 is 22.6 Å². The lowest BCUT2D eigenvalue weighted by molar-refractivity contribution is -0.139. The molecular weight excluding hydrogens is 419 g/mol. The molecule has 5 rings (SSSR count). The summed E-state index contributed by atoms with van der Waals surface area (Å²) in [5, 5.41) is 9.89. The maximum atomic E-state index is 13.8. The average Bonchev–Trinajstić information content (AvgIpc) is 3.08. The van der Waals surface area contributed by atoms with E-state index in [0.717, 1.165) is 51.0 Å². The lowest BCUT2D eigenvalue weighted by Gasteiger charge is -2.41. The quantitative estimate of drug-likeness (QED) is 0.743. The molecule has 3 heterocycles. The van der Waals surface area contributed by atoms with Gasteiger partial charge in [-0.2, -0.15) is 13.2 Å². The number of benzene rings is 1. The standard InChI is InChI=1S/C24H28F3N3O2/c25-24(26,27)19-14-21(28-20-5-2-1-4-18(19)20)29-12-3-10-23(15-29)11-13-30(22(23)32)16-6-8-17(31)9-7-16/h1-2,4-5,14,16-17,31H,3,6-13,15H2/t16-,17-,23?. The Kier molecular flexibility index (Phi) is 5.31. The van der Waals surface area contributed by atoms with Gasteiger partial charge in [-0.25, -0.2) is 4.98 Å². The minimum atomic E-state index is -4.48. The molecule has 3 fully saturated rings. The highest BCUT2D eigenvalue weighted by Crippen LogP contribution is 2.44. The molecule has 1 atom stereocenters. The van der Waals surface area contributed by atoms with Crippen LogP contribution in [0.2, 0.25) is 0 Å². The molecule has 0 radical (unpaired) electrons. The molecule has 1 saturated carbocycles. The highest BCUT2D eigenvalue weighted by molar-refractivity contribution is 5.87. The third-order valence-corrected chi connectivity index (χ3v) is 7.56. The normalized spacial score (nSPS) is 29.3. The molecule has 0 bridgehead atoms. The largest absolute Gasteiger partial charge is 0.417 e. The molecule has 2 aromatic rings. The minimum Gasteiger partial charge on any atom is -0.393 e. The van der Waals surface area contributed by atoms with Crippen molar-refractivity contribution in [2.45, 2.75) is 63.3 Å². The zero-order valence-electron chi connectivity index (χ0n) is 17.9. The molecule has 1 unspecified atom stereocenters. The number of aliphatic hydroxyl groups excluding tert-OH is 1.